The molecule has 1 saturated heterocycles. The van der Waals surface area contributed by atoms with Gasteiger partial charge in [0, 0.05) is 19.3 Å². The smallest absolute Gasteiger partial charge is 0.274 e. The molecule has 1 amide bonds. The molecule has 0 unspecified atom stereocenters. The van der Waals surface area contributed by atoms with Crippen LogP contribution in [-0.2, 0) is 0 Å². The molecule has 6 nitrogen and oxygen atoms in total. The lowest BCUT2D eigenvalue weighted by Gasteiger charge is -2.32. The van der Waals surface area contributed by atoms with Gasteiger partial charge < -0.3 is 15.0 Å². The Bertz CT molecular complexity index is 679. The van der Waals surface area contributed by atoms with Gasteiger partial charge in [-0.3, -0.25) is 4.79 Å². The van der Waals surface area contributed by atoms with Crippen LogP contribution in [0.15, 0.2) is 36.5 Å². The fourth-order valence-corrected chi connectivity index (χ4v) is 3.18. The van der Waals surface area contributed by atoms with Gasteiger partial charge in [-0.15, -0.1) is 0 Å². The summed E-state index contributed by atoms with van der Waals surface area (Å²) in [5.74, 6) is 1.34. The van der Waals surface area contributed by atoms with E-state index in [0.29, 0.717) is 11.6 Å². The molecule has 1 aliphatic rings. The van der Waals surface area contributed by atoms with E-state index in [2.05, 4.69) is 10.4 Å². The molecule has 24 heavy (non-hydrogen) atoms. The van der Waals surface area contributed by atoms with E-state index < -0.39 is 0 Å². The SMILES string of the molecule is CNC[C@H]1CCCN(C(=O)c2ccn(-c3ccc(OC)cc3)n2)C1. The quantitative estimate of drug-likeness (QED) is 0.911. The van der Waals surface area contributed by atoms with Crippen molar-refractivity contribution in [2.24, 2.45) is 5.92 Å². The topological polar surface area (TPSA) is 59.4 Å². The first kappa shape index (κ1) is 16.5. The van der Waals surface area contributed by atoms with E-state index in [9.17, 15) is 4.79 Å². The third-order valence-electron chi connectivity index (χ3n) is 4.44. The number of piperidine rings is 1. The highest BCUT2D eigenvalue weighted by molar-refractivity contribution is 5.92. The minimum Gasteiger partial charge on any atom is -0.497 e. The van der Waals surface area contributed by atoms with Crippen LogP contribution in [0.3, 0.4) is 0 Å². The summed E-state index contributed by atoms with van der Waals surface area (Å²) in [6, 6.07) is 9.39. The number of ether oxygens (including phenoxy) is 1. The number of carbonyl (C=O) groups is 1. The number of amides is 1. The Morgan fingerprint density at radius 3 is 2.83 bits per heavy atom. The summed E-state index contributed by atoms with van der Waals surface area (Å²) in [5, 5.41) is 7.65. The van der Waals surface area contributed by atoms with Crippen molar-refractivity contribution in [3.8, 4) is 11.4 Å². The molecule has 1 N–H and O–H groups in total. The van der Waals surface area contributed by atoms with Crippen LogP contribution in [0.4, 0.5) is 0 Å². The van der Waals surface area contributed by atoms with Crippen LogP contribution in [0.25, 0.3) is 5.69 Å². The van der Waals surface area contributed by atoms with Crippen molar-refractivity contribution in [2.75, 3.05) is 33.8 Å². The Labute approximate surface area is 142 Å². The van der Waals surface area contributed by atoms with E-state index in [4.69, 9.17) is 4.74 Å². The van der Waals surface area contributed by atoms with Crippen molar-refractivity contribution < 1.29 is 9.53 Å². The molecular formula is C18H24N4O2. The lowest BCUT2D eigenvalue weighted by Crippen LogP contribution is -2.42. The molecule has 1 aromatic heterocycles. The first-order chi connectivity index (χ1) is 11.7. The second-order valence-electron chi connectivity index (χ2n) is 6.16. The zero-order valence-corrected chi connectivity index (χ0v) is 14.2. The van der Waals surface area contributed by atoms with Crippen LogP contribution in [0.5, 0.6) is 5.75 Å². The van der Waals surface area contributed by atoms with Crippen molar-refractivity contribution in [1.29, 1.82) is 0 Å². The number of benzene rings is 1. The molecule has 1 atom stereocenters. The number of carbonyl (C=O) groups excluding carboxylic acids is 1. The molecule has 6 heteroatoms. The van der Waals surface area contributed by atoms with Gasteiger partial charge in [0.1, 0.15) is 5.75 Å². The van der Waals surface area contributed by atoms with Crippen molar-refractivity contribution in [3.63, 3.8) is 0 Å². The minimum atomic E-state index is 0.0167. The summed E-state index contributed by atoms with van der Waals surface area (Å²) in [5.41, 5.74) is 1.40. The van der Waals surface area contributed by atoms with Gasteiger partial charge in [0.2, 0.25) is 0 Å². The zero-order chi connectivity index (χ0) is 16.9. The lowest BCUT2D eigenvalue weighted by atomic mass is 9.98. The Hall–Kier alpha value is -2.34. The molecule has 2 aromatic rings. The fraction of sp³-hybridized carbons (Fsp3) is 0.444. The first-order valence-electron chi connectivity index (χ1n) is 8.35. The highest BCUT2D eigenvalue weighted by Gasteiger charge is 2.25. The average molecular weight is 328 g/mol. The zero-order valence-electron chi connectivity index (χ0n) is 14.2. The number of hydrogen-bond donors (Lipinski definition) is 1. The average Bonchev–Trinajstić information content (AvgIpc) is 3.12. The van der Waals surface area contributed by atoms with Crippen molar-refractivity contribution in [3.05, 3.63) is 42.2 Å². The Morgan fingerprint density at radius 2 is 2.12 bits per heavy atom. The maximum absolute atomic E-state index is 12.7. The van der Waals surface area contributed by atoms with E-state index in [1.54, 1.807) is 17.9 Å². The van der Waals surface area contributed by atoms with Crippen molar-refractivity contribution in [1.82, 2.24) is 20.0 Å². The van der Waals surface area contributed by atoms with E-state index in [1.165, 1.54) is 6.42 Å². The standard InChI is InChI=1S/C18H24N4O2/c1-19-12-14-4-3-10-21(13-14)18(23)17-9-11-22(20-17)15-5-7-16(24-2)8-6-15/h5-9,11,14,19H,3-4,10,12-13H2,1-2H3/t14-/m1/s1. The number of methoxy groups -OCH3 is 1. The largest absolute Gasteiger partial charge is 0.497 e. The molecule has 128 valence electrons. The predicted molar refractivity (Wildman–Crippen MR) is 92.7 cm³/mol. The summed E-state index contributed by atoms with van der Waals surface area (Å²) >= 11 is 0. The van der Waals surface area contributed by atoms with Gasteiger partial charge in [-0.25, -0.2) is 4.68 Å². The molecule has 0 saturated carbocycles. The predicted octanol–water partition coefficient (Wildman–Crippen LogP) is 1.95. The molecule has 0 radical (unpaired) electrons. The van der Waals surface area contributed by atoms with Crippen LogP contribution < -0.4 is 10.1 Å². The number of nitrogens with one attached hydrogen (secondary N) is 1. The van der Waals surface area contributed by atoms with Crippen LogP contribution in [0.1, 0.15) is 23.3 Å². The van der Waals surface area contributed by atoms with Gasteiger partial charge in [-0.05, 0) is 62.7 Å². The molecule has 0 bridgehead atoms. The van der Waals surface area contributed by atoms with E-state index in [1.807, 2.05) is 42.4 Å². The molecule has 1 fully saturated rings. The molecular weight excluding hydrogens is 304 g/mol. The highest BCUT2D eigenvalue weighted by Crippen LogP contribution is 2.19. The molecule has 0 aliphatic carbocycles. The number of likely N-dealkylation sites (tertiary alicyclic amines) is 1. The summed E-state index contributed by atoms with van der Waals surface area (Å²) in [4.78, 5) is 14.6. The maximum atomic E-state index is 12.7. The summed E-state index contributed by atoms with van der Waals surface area (Å²) in [6.45, 7) is 2.56. The monoisotopic (exact) mass is 328 g/mol. The summed E-state index contributed by atoms with van der Waals surface area (Å²) in [6.07, 6.45) is 4.05. The van der Waals surface area contributed by atoms with Crippen LogP contribution >= 0.6 is 0 Å². The molecule has 3 rings (SSSR count). The maximum Gasteiger partial charge on any atom is 0.274 e. The van der Waals surface area contributed by atoms with E-state index in [0.717, 1.165) is 37.5 Å². The van der Waals surface area contributed by atoms with E-state index in [-0.39, 0.29) is 5.91 Å². The van der Waals surface area contributed by atoms with Gasteiger partial charge in [0.05, 0.1) is 12.8 Å². The van der Waals surface area contributed by atoms with Gasteiger partial charge in [0.15, 0.2) is 5.69 Å². The van der Waals surface area contributed by atoms with Crippen LogP contribution in [0.2, 0.25) is 0 Å². The van der Waals surface area contributed by atoms with Gasteiger partial charge in [-0.2, -0.15) is 5.10 Å². The Morgan fingerprint density at radius 1 is 1.33 bits per heavy atom. The second kappa shape index (κ2) is 7.49. The summed E-state index contributed by atoms with van der Waals surface area (Å²) < 4.78 is 6.89. The highest BCUT2D eigenvalue weighted by atomic mass is 16.5. The molecule has 2 heterocycles. The minimum absolute atomic E-state index is 0.0167. The summed E-state index contributed by atoms with van der Waals surface area (Å²) in [7, 11) is 3.59. The number of hydrogen-bond acceptors (Lipinski definition) is 4. The number of rotatable bonds is 5. The third-order valence-corrected chi connectivity index (χ3v) is 4.44. The first-order valence-corrected chi connectivity index (χ1v) is 8.35. The van der Waals surface area contributed by atoms with E-state index >= 15 is 0 Å². The normalized spacial score (nSPS) is 17.8. The Kier molecular flexibility index (Phi) is 5.15. The van der Waals surface area contributed by atoms with Gasteiger partial charge in [-0.1, -0.05) is 0 Å². The van der Waals surface area contributed by atoms with Crippen molar-refractivity contribution >= 4 is 5.91 Å². The van der Waals surface area contributed by atoms with Crippen molar-refractivity contribution in [2.45, 2.75) is 12.8 Å². The van der Waals surface area contributed by atoms with Gasteiger partial charge in [0.25, 0.3) is 5.91 Å². The number of nitrogens with zero attached hydrogens (tertiary/aromatic N) is 3. The van der Waals surface area contributed by atoms with Crippen LogP contribution in [0, 0.1) is 5.92 Å². The molecule has 1 aromatic carbocycles. The number of aromatic nitrogens is 2. The third kappa shape index (κ3) is 3.59. The van der Waals surface area contributed by atoms with Gasteiger partial charge >= 0.3 is 0 Å². The van der Waals surface area contributed by atoms with Crippen LogP contribution in [-0.4, -0.2) is 54.4 Å². The second-order valence-corrected chi connectivity index (χ2v) is 6.16. The molecule has 1 aliphatic heterocycles. The lowest BCUT2D eigenvalue weighted by molar-refractivity contribution is 0.0668. The molecule has 0 spiro atoms. The Balaban J connectivity index is 1.71. The fourth-order valence-electron chi connectivity index (χ4n) is 3.18.